The molecule has 0 saturated heterocycles. The largest absolute Gasteiger partial charge is 0.387 e. The lowest BCUT2D eigenvalue weighted by molar-refractivity contribution is 0.581. The molecule has 4 heteroatoms. The Labute approximate surface area is 106 Å². The van der Waals surface area contributed by atoms with Crippen LogP contribution in [0.15, 0.2) is 23.2 Å². The van der Waals surface area contributed by atoms with E-state index in [1.165, 1.54) is 0 Å². The molecular formula is C12H16Cl2N2. The molecule has 0 saturated carbocycles. The van der Waals surface area contributed by atoms with Gasteiger partial charge < -0.3 is 5.73 Å². The maximum atomic E-state index is 5.92. The Morgan fingerprint density at radius 3 is 2.38 bits per heavy atom. The number of hydrogen-bond acceptors (Lipinski definition) is 1. The van der Waals surface area contributed by atoms with Crippen molar-refractivity contribution in [1.82, 2.24) is 0 Å². The molecule has 0 aliphatic heterocycles. The first-order valence-electron chi connectivity index (χ1n) is 5.06. The fourth-order valence-corrected chi connectivity index (χ4v) is 1.65. The molecule has 2 nitrogen and oxygen atoms in total. The highest BCUT2D eigenvalue weighted by Crippen LogP contribution is 2.22. The molecule has 0 aliphatic carbocycles. The van der Waals surface area contributed by atoms with Crippen molar-refractivity contribution in [3.8, 4) is 0 Å². The summed E-state index contributed by atoms with van der Waals surface area (Å²) in [5, 5.41) is 1.10. The summed E-state index contributed by atoms with van der Waals surface area (Å²) in [6.45, 7) is 6.03. The first-order chi connectivity index (χ1) is 7.28. The van der Waals surface area contributed by atoms with Crippen LogP contribution in [0.25, 0.3) is 0 Å². The first kappa shape index (κ1) is 13.3. The minimum atomic E-state index is -0.152. The summed E-state index contributed by atoms with van der Waals surface area (Å²) in [7, 11) is 0. The summed E-state index contributed by atoms with van der Waals surface area (Å²) >= 11 is 11.7. The Morgan fingerprint density at radius 1 is 1.25 bits per heavy atom. The number of aliphatic imine (C=N–C) groups is 1. The second-order valence-corrected chi connectivity index (χ2v) is 5.51. The second kappa shape index (κ2) is 5.07. The van der Waals surface area contributed by atoms with Crippen molar-refractivity contribution < 1.29 is 0 Å². The van der Waals surface area contributed by atoms with Crippen LogP contribution in [0.1, 0.15) is 26.3 Å². The molecule has 1 rings (SSSR count). The van der Waals surface area contributed by atoms with E-state index in [2.05, 4.69) is 4.99 Å². The number of nitrogens with zero attached hydrogens (tertiary/aromatic N) is 1. The van der Waals surface area contributed by atoms with Crippen molar-refractivity contribution in [1.29, 1.82) is 0 Å². The van der Waals surface area contributed by atoms with E-state index in [4.69, 9.17) is 28.9 Å². The molecule has 0 aliphatic rings. The van der Waals surface area contributed by atoms with Crippen LogP contribution in [-0.2, 0) is 6.42 Å². The molecule has 0 unspecified atom stereocenters. The van der Waals surface area contributed by atoms with Gasteiger partial charge in [-0.15, -0.1) is 0 Å². The number of rotatable bonds is 2. The maximum Gasteiger partial charge on any atom is 0.0988 e. The molecule has 0 radical (unpaired) electrons. The number of amidine groups is 1. The third kappa shape index (κ3) is 4.42. The average Bonchev–Trinajstić information content (AvgIpc) is 2.08. The minimum absolute atomic E-state index is 0.152. The summed E-state index contributed by atoms with van der Waals surface area (Å²) in [4.78, 5) is 4.38. The summed E-state index contributed by atoms with van der Waals surface area (Å²) in [5.41, 5.74) is 6.72. The van der Waals surface area contributed by atoms with Gasteiger partial charge in [-0.25, -0.2) is 0 Å². The standard InChI is InChI=1S/C12H16Cl2N2/c1-12(2,3)16-11(15)7-8-4-5-9(13)10(14)6-8/h4-6H,7H2,1-3H3,(H2,15,16). The van der Waals surface area contributed by atoms with Gasteiger partial charge in [0.1, 0.15) is 0 Å². The van der Waals surface area contributed by atoms with E-state index in [0.29, 0.717) is 22.3 Å². The van der Waals surface area contributed by atoms with Gasteiger partial charge in [-0.3, -0.25) is 4.99 Å². The van der Waals surface area contributed by atoms with Gasteiger partial charge in [-0.1, -0.05) is 29.3 Å². The third-order valence-electron chi connectivity index (χ3n) is 1.85. The molecule has 0 aromatic heterocycles. The highest BCUT2D eigenvalue weighted by molar-refractivity contribution is 6.42. The molecule has 1 aromatic rings. The van der Waals surface area contributed by atoms with Crippen LogP contribution in [0.4, 0.5) is 0 Å². The lowest BCUT2D eigenvalue weighted by Gasteiger charge is -2.13. The van der Waals surface area contributed by atoms with Gasteiger partial charge in [0, 0.05) is 6.42 Å². The Kier molecular flexibility index (Phi) is 4.22. The monoisotopic (exact) mass is 258 g/mol. The highest BCUT2D eigenvalue weighted by atomic mass is 35.5. The van der Waals surface area contributed by atoms with Gasteiger partial charge in [0.25, 0.3) is 0 Å². The van der Waals surface area contributed by atoms with E-state index in [-0.39, 0.29) is 5.54 Å². The van der Waals surface area contributed by atoms with Crippen LogP contribution in [0, 0.1) is 0 Å². The summed E-state index contributed by atoms with van der Waals surface area (Å²) < 4.78 is 0. The topological polar surface area (TPSA) is 38.4 Å². The van der Waals surface area contributed by atoms with Crippen molar-refractivity contribution >= 4 is 29.0 Å². The molecule has 0 amide bonds. The molecule has 0 bridgehead atoms. The SMILES string of the molecule is CC(C)(C)N=C(N)Cc1ccc(Cl)c(Cl)c1. The van der Waals surface area contributed by atoms with E-state index < -0.39 is 0 Å². The summed E-state index contributed by atoms with van der Waals surface area (Å²) in [5.74, 6) is 0.603. The highest BCUT2D eigenvalue weighted by Gasteiger charge is 2.08. The Bertz CT molecular complexity index is 406. The molecule has 0 atom stereocenters. The maximum absolute atomic E-state index is 5.92. The first-order valence-corrected chi connectivity index (χ1v) is 5.81. The van der Waals surface area contributed by atoms with Crippen molar-refractivity contribution in [3.63, 3.8) is 0 Å². The molecule has 1 aromatic carbocycles. The Morgan fingerprint density at radius 2 is 1.88 bits per heavy atom. The number of hydrogen-bond donors (Lipinski definition) is 1. The van der Waals surface area contributed by atoms with Crippen LogP contribution in [0.2, 0.25) is 10.0 Å². The van der Waals surface area contributed by atoms with Crippen LogP contribution < -0.4 is 5.73 Å². The quantitative estimate of drug-likeness (QED) is 0.638. The van der Waals surface area contributed by atoms with Gasteiger partial charge in [-0.2, -0.15) is 0 Å². The van der Waals surface area contributed by atoms with Gasteiger partial charge in [0.15, 0.2) is 0 Å². The molecule has 2 N–H and O–H groups in total. The fraction of sp³-hybridized carbons (Fsp3) is 0.417. The third-order valence-corrected chi connectivity index (χ3v) is 2.59. The minimum Gasteiger partial charge on any atom is -0.387 e. The zero-order chi connectivity index (χ0) is 12.3. The van der Waals surface area contributed by atoms with Crippen LogP contribution in [-0.4, -0.2) is 11.4 Å². The molecule has 0 heterocycles. The predicted molar refractivity (Wildman–Crippen MR) is 71.5 cm³/mol. The smallest absolute Gasteiger partial charge is 0.0988 e. The van der Waals surface area contributed by atoms with E-state index in [1.54, 1.807) is 6.07 Å². The summed E-state index contributed by atoms with van der Waals surface area (Å²) in [6, 6.07) is 5.48. The molecule has 16 heavy (non-hydrogen) atoms. The van der Waals surface area contributed by atoms with Crippen molar-refractivity contribution in [3.05, 3.63) is 33.8 Å². The molecule has 0 fully saturated rings. The summed E-state index contributed by atoms with van der Waals surface area (Å²) in [6.07, 6.45) is 0.591. The van der Waals surface area contributed by atoms with Crippen molar-refractivity contribution in [2.75, 3.05) is 0 Å². The van der Waals surface area contributed by atoms with Crippen LogP contribution in [0.5, 0.6) is 0 Å². The number of nitrogens with two attached hydrogens (primary N) is 1. The number of halogens is 2. The average molecular weight is 259 g/mol. The van der Waals surface area contributed by atoms with E-state index in [0.717, 1.165) is 5.56 Å². The predicted octanol–water partition coefficient (Wildman–Crippen LogP) is 3.69. The zero-order valence-corrected chi connectivity index (χ0v) is 11.2. The number of benzene rings is 1. The van der Waals surface area contributed by atoms with Gasteiger partial charge in [0.05, 0.1) is 21.4 Å². The second-order valence-electron chi connectivity index (χ2n) is 4.70. The Balaban J connectivity index is 2.81. The van der Waals surface area contributed by atoms with Crippen molar-refractivity contribution in [2.45, 2.75) is 32.7 Å². The van der Waals surface area contributed by atoms with Gasteiger partial charge in [0.2, 0.25) is 0 Å². The van der Waals surface area contributed by atoms with E-state index in [1.807, 2.05) is 32.9 Å². The van der Waals surface area contributed by atoms with Crippen molar-refractivity contribution in [2.24, 2.45) is 10.7 Å². The fourth-order valence-electron chi connectivity index (χ4n) is 1.33. The normalized spacial score (nSPS) is 12.9. The van der Waals surface area contributed by atoms with E-state index in [9.17, 15) is 0 Å². The van der Waals surface area contributed by atoms with Crippen LogP contribution >= 0.6 is 23.2 Å². The lowest BCUT2D eigenvalue weighted by atomic mass is 10.1. The van der Waals surface area contributed by atoms with Gasteiger partial charge in [-0.05, 0) is 38.5 Å². The lowest BCUT2D eigenvalue weighted by Crippen LogP contribution is -2.22. The van der Waals surface area contributed by atoms with E-state index >= 15 is 0 Å². The molecule has 88 valence electrons. The van der Waals surface area contributed by atoms with Gasteiger partial charge >= 0.3 is 0 Å². The Hall–Kier alpha value is -0.730. The zero-order valence-electron chi connectivity index (χ0n) is 9.72. The molecular weight excluding hydrogens is 243 g/mol. The van der Waals surface area contributed by atoms with Crippen LogP contribution in [0.3, 0.4) is 0 Å². The molecule has 0 spiro atoms.